The standard InChI is InChI=1S/C12H16FNO2/c1-9-7-14(5-6-16-9)12-4-2-3-11(13)10(12)8-15/h2-4,9,15H,5-8H2,1H3. The van der Waals surface area contributed by atoms with Crippen LogP contribution in [0, 0.1) is 5.82 Å². The van der Waals surface area contributed by atoms with Gasteiger partial charge in [-0.25, -0.2) is 4.39 Å². The predicted molar refractivity (Wildman–Crippen MR) is 59.9 cm³/mol. The summed E-state index contributed by atoms with van der Waals surface area (Å²) in [5.74, 6) is -0.348. The molecule has 1 unspecified atom stereocenters. The number of aliphatic hydroxyl groups excluding tert-OH is 1. The lowest BCUT2D eigenvalue weighted by atomic mass is 10.1. The molecule has 1 heterocycles. The topological polar surface area (TPSA) is 32.7 Å². The molecule has 1 atom stereocenters. The van der Waals surface area contributed by atoms with Crippen molar-refractivity contribution in [1.82, 2.24) is 0 Å². The Morgan fingerprint density at radius 1 is 1.56 bits per heavy atom. The second-order valence-electron chi connectivity index (χ2n) is 4.02. The largest absolute Gasteiger partial charge is 0.391 e. The Labute approximate surface area is 94.4 Å². The zero-order chi connectivity index (χ0) is 11.5. The van der Waals surface area contributed by atoms with Crippen molar-refractivity contribution in [2.24, 2.45) is 0 Å². The minimum atomic E-state index is -0.348. The third-order valence-electron chi connectivity index (χ3n) is 2.83. The molecular weight excluding hydrogens is 209 g/mol. The third-order valence-corrected chi connectivity index (χ3v) is 2.83. The van der Waals surface area contributed by atoms with Crippen LogP contribution in [0.1, 0.15) is 12.5 Å². The molecule has 0 aromatic heterocycles. The number of benzene rings is 1. The van der Waals surface area contributed by atoms with Crippen molar-refractivity contribution < 1.29 is 14.2 Å². The Kier molecular flexibility index (Phi) is 3.41. The van der Waals surface area contributed by atoms with E-state index in [2.05, 4.69) is 4.90 Å². The Balaban J connectivity index is 2.28. The van der Waals surface area contributed by atoms with Crippen molar-refractivity contribution in [1.29, 1.82) is 0 Å². The van der Waals surface area contributed by atoms with Crippen LogP contribution in [-0.4, -0.2) is 30.9 Å². The van der Waals surface area contributed by atoms with Crippen LogP contribution in [0.3, 0.4) is 0 Å². The minimum Gasteiger partial charge on any atom is -0.391 e. The summed E-state index contributed by atoms with van der Waals surface area (Å²) in [4.78, 5) is 2.06. The fraction of sp³-hybridized carbons (Fsp3) is 0.500. The van der Waals surface area contributed by atoms with Crippen molar-refractivity contribution in [3.05, 3.63) is 29.6 Å². The molecule has 0 spiro atoms. The summed E-state index contributed by atoms with van der Waals surface area (Å²) in [6.45, 7) is 3.83. The molecule has 0 aliphatic carbocycles. The van der Waals surface area contributed by atoms with Gasteiger partial charge >= 0.3 is 0 Å². The summed E-state index contributed by atoms with van der Waals surface area (Å²) in [5, 5.41) is 9.20. The zero-order valence-corrected chi connectivity index (χ0v) is 9.32. The molecule has 1 aromatic rings. The van der Waals surface area contributed by atoms with Gasteiger partial charge < -0.3 is 14.7 Å². The van der Waals surface area contributed by atoms with Crippen LogP contribution in [0.25, 0.3) is 0 Å². The van der Waals surface area contributed by atoms with Crippen molar-refractivity contribution in [3.63, 3.8) is 0 Å². The zero-order valence-electron chi connectivity index (χ0n) is 9.32. The highest BCUT2D eigenvalue weighted by molar-refractivity contribution is 5.54. The summed E-state index contributed by atoms with van der Waals surface area (Å²) >= 11 is 0. The predicted octanol–water partition coefficient (Wildman–Crippen LogP) is 1.54. The molecule has 0 bridgehead atoms. The molecule has 0 saturated carbocycles. The van der Waals surface area contributed by atoms with Gasteiger partial charge in [0.05, 0.1) is 19.3 Å². The molecule has 4 heteroatoms. The summed E-state index contributed by atoms with van der Waals surface area (Å²) in [5.41, 5.74) is 1.15. The molecule has 1 N–H and O–H groups in total. The van der Waals surface area contributed by atoms with E-state index < -0.39 is 0 Å². The lowest BCUT2D eigenvalue weighted by molar-refractivity contribution is 0.0530. The van der Waals surface area contributed by atoms with E-state index in [4.69, 9.17) is 4.74 Å². The van der Waals surface area contributed by atoms with Gasteiger partial charge in [-0.05, 0) is 19.1 Å². The SMILES string of the molecule is CC1CN(c2cccc(F)c2CO)CCO1. The van der Waals surface area contributed by atoms with Gasteiger partial charge in [0, 0.05) is 24.3 Å². The first-order valence-corrected chi connectivity index (χ1v) is 5.47. The Bertz CT molecular complexity index is 370. The number of rotatable bonds is 2. The number of morpholine rings is 1. The van der Waals surface area contributed by atoms with Crippen LogP contribution >= 0.6 is 0 Å². The number of nitrogens with zero attached hydrogens (tertiary/aromatic N) is 1. The van der Waals surface area contributed by atoms with Gasteiger partial charge in [-0.1, -0.05) is 6.07 Å². The first-order valence-electron chi connectivity index (χ1n) is 5.47. The molecule has 1 saturated heterocycles. The minimum absolute atomic E-state index is 0.142. The van der Waals surface area contributed by atoms with Gasteiger partial charge in [-0.3, -0.25) is 0 Å². The van der Waals surface area contributed by atoms with E-state index >= 15 is 0 Å². The average molecular weight is 225 g/mol. The van der Waals surface area contributed by atoms with Crippen LogP contribution in [-0.2, 0) is 11.3 Å². The molecule has 0 radical (unpaired) electrons. The molecule has 1 aliphatic rings. The molecule has 2 rings (SSSR count). The van der Waals surface area contributed by atoms with E-state index in [-0.39, 0.29) is 18.5 Å². The molecule has 0 amide bonds. The van der Waals surface area contributed by atoms with E-state index in [1.165, 1.54) is 6.07 Å². The van der Waals surface area contributed by atoms with Crippen LogP contribution in [0.15, 0.2) is 18.2 Å². The summed E-state index contributed by atoms with van der Waals surface area (Å²) in [6, 6.07) is 4.88. The summed E-state index contributed by atoms with van der Waals surface area (Å²) in [6.07, 6.45) is 0.142. The van der Waals surface area contributed by atoms with E-state index in [0.29, 0.717) is 12.2 Å². The smallest absolute Gasteiger partial charge is 0.130 e. The lowest BCUT2D eigenvalue weighted by Crippen LogP contribution is -2.41. The van der Waals surface area contributed by atoms with Crippen molar-refractivity contribution in [2.75, 3.05) is 24.6 Å². The first-order chi connectivity index (χ1) is 7.72. The number of anilines is 1. The molecule has 88 valence electrons. The Morgan fingerprint density at radius 3 is 3.06 bits per heavy atom. The number of aliphatic hydroxyl groups is 1. The van der Waals surface area contributed by atoms with Crippen molar-refractivity contribution in [3.8, 4) is 0 Å². The van der Waals surface area contributed by atoms with E-state index in [1.54, 1.807) is 6.07 Å². The highest BCUT2D eigenvalue weighted by Gasteiger charge is 2.20. The van der Waals surface area contributed by atoms with Gasteiger partial charge in [0.25, 0.3) is 0 Å². The van der Waals surface area contributed by atoms with Gasteiger partial charge in [-0.15, -0.1) is 0 Å². The van der Waals surface area contributed by atoms with Gasteiger partial charge in [0.1, 0.15) is 5.82 Å². The summed E-state index contributed by atoms with van der Waals surface area (Å²) in [7, 11) is 0. The second-order valence-corrected chi connectivity index (χ2v) is 4.02. The van der Waals surface area contributed by atoms with Crippen LogP contribution in [0.2, 0.25) is 0 Å². The van der Waals surface area contributed by atoms with Crippen LogP contribution < -0.4 is 4.90 Å². The fourth-order valence-electron chi connectivity index (χ4n) is 2.04. The van der Waals surface area contributed by atoms with Crippen LogP contribution in [0.4, 0.5) is 10.1 Å². The van der Waals surface area contributed by atoms with Crippen molar-refractivity contribution in [2.45, 2.75) is 19.6 Å². The number of halogens is 1. The molecular formula is C12H16FNO2. The number of hydrogen-bond donors (Lipinski definition) is 1. The average Bonchev–Trinajstić information content (AvgIpc) is 2.28. The molecule has 1 fully saturated rings. The second kappa shape index (κ2) is 4.80. The highest BCUT2D eigenvalue weighted by atomic mass is 19.1. The van der Waals surface area contributed by atoms with E-state index in [1.807, 2.05) is 13.0 Å². The maximum absolute atomic E-state index is 13.5. The molecule has 3 nitrogen and oxygen atoms in total. The molecule has 1 aliphatic heterocycles. The lowest BCUT2D eigenvalue weighted by Gasteiger charge is -2.34. The molecule has 1 aromatic carbocycles. The van der Waals surface area contributed by atoms with Crippen LogP contribution in [0.5, 0.6) is 0 Å². The highest BCUT2D eigenvalue weighted by Crippen LogP contribution is 2.25. The quantitative estimate of drug-likeness (QED) is 0.828. The first kappa shape index (κ1) is 11.4. The number of ether oxygens (including phenoxy) is 1. The van der Waals surface area contributed by atoms with E-state index in [0.717, 1.165) is 18.8 Å². The maximum Gasteiger partial charge on any atom is 0.130 e. The Morgan fingerprint density at radius 2 is 2.38 bits per heavy atom. The van der Waals surface area contributed by atoms with Gasteiger partial charge in [0.15, 0.2) is 0 Å². The summed E-state index contributed by atoms with van der Waals surface area (Å²) < 4.78 is 18.9. The molecule has 16 heavy (non-hydrogen) atoms. The van der Waals surface area contributed by atoms with Gasteiger partial charge in [-0.2, -0.15) is 0 Å². The maximum atomic E-state index is 13.5. The van der Waals surface area contributed by atoms with E-state index in [9.17, 15) is 9.50 Å². The third kappa shape index (κ3) is 2.18. The Hall–Kier alpha value is -1.13. The van der Waals surface area contributed by atoms with Gasteiger partial charge in [0.2, 0.25) is 0 Å². The van der Waals surface area contributed by atoms with Crippen molar-refractivity contribution >= 4 is 5.69 Å². The fourth-order valence-corrected chi connectivity index (χ4v) is 2.04. The number of hydrogen-bond acceptors (Lipinski definition) is 3. The normalized spacial score (nSPS) is 21.2. The monoisotopic (exact) mass is 225 g/mol.